The van der Waals surface area contributed by atoms with Gasteiger partial charge >= 0.3 is 35.7 Å². The van der Waals surface area contributed by atoms with Gasteiger partial charge in [-0.1, -0.05) is 44.2 Å². The SMILES string of the molecule is CC(C)C[C@H](NC(=O)OC[C@@H]1CCC(=O)N1Cc1ccccc1)C(=O)N[C@@H](C[C@@H]1CCNC1=O)C(O)S(=O)(=O)[O-].[Na+]. The molecule has 222 valence electrons. The molecule has 0 bridgehead atoms. The van der Waals surface area contributed by atoms with Crippen molar-refractivity contribution < 1.29 is 71.5 Å². The fraction of sp³-hybridized carbons (Fsp3) is 0.615. The van der Waals surface area contributed by atoms with Crippen molar-refractivity contribution in [3.05, 3.63) is 35.9 Å². The third kappa shape index (κ3) is 10.5. The molecule has 4 N–H and O–H groups in total. The van der Waals surface area contributed by atoms with Gasteiger partial charge < -0.3 is 35.2 Å². The zero-order valence-corrected chi connectivity index (χ0v) is 26.4. The number of nitrogens with zero attached hydrogens (tertiary/aromatic N) is 1. The Bertz CT molecular complexity index is 1170. The van der Waals surface area contributed by atoms with E-state index in [1.54, 1.807) is 18.7 Å². The molecule has 2 heterocycles. The first-order valence-electron chi connectivity index (χ1n) is 13.3. The second kappa shape index (κ2) is 15.8. The Kier molecular flexibility index (Phi) is 13.5. The largest absolute Gasteiger partial charge is 1.00 e. The number of nitrogens with one attached hydrogen (secondary N) is 3. The van der Waals surface area contributed by atoms with Crippen molar-refractivity contribution in [3.63, 3.8) is 0 Å². The van der Waals surface area contributed by atoms with Crippen LogP contribution in [0, 0.1) is 11.8 Å². The molecule has 2 saturated heterocycles. The molecule has 1 aromatic rings. The number of rotatable bonds is 13. The van der Waals surface area contributed by atoms with Crippen LogP contribution in [0.4, 0.5) is 4.79 Å². The van der Waals surface area contributed by atoms with E-state index in [1.807, 2.05) is 30.3 Å². The molecule has 13 nitrogen and oxygen atoms in total. The van der Waals surface area contributed by atoms with Crippen LogP contribution in [-0.4, -0.2) is 83.5 Å². The Labute approximate surface area is 262 Å². The smallest absolute Gasteiger partial charge is 0.746 e. The molecule has 15 heteroatoms. The summed E-state index contributed by atoms with van der Waals surface area (Å²) in [5, 5.41) is 17.5. The van der Waals surface area contributed by atoms with Crippen molar-refractivity contribution in [2.24, 2.45) is 11.8 Å². The molecule has 0 saturated carbocycles. The van der Waals surface area contributed by atoms with E-state index in [0.29, 0.717) is 32.4 Å². The minimum atomic E-state index is -5.21. The van der Waals surface area contributed by atoms with Gasteiger partial charge in [-0.3, -0.25) is 14.4 Å². The molecule has 2 aliphatic heterocycles. The van der Waals surface area contributed by atoms with Gasteiger partial charge in [0.25, 0.3) is 0 Å². The Morgan fingerprint density at radius 3 is 2.44 bits per heavy atom. The standard InChI is InChI=1S/C26H38N4O9S.Na/c1-16(2)12-20(24(33)28-21(25(34)40(36,37)38)13-18-10-11-27-23(18)32)29-26(35)39-15-19-8-9-22(31)30(19)14-17-6-4-3-5-7-17;/h3-7,16,18-21,25,34H,8-15H2,1-2H3,(H,27,32)(H,28,33)(H,29,35)(H,36,37,38);/q;+1/p-1/t18-,19-,20-,21-,25?;/m0./s1. The minimum absolute atomic E-state index is 0. The number of hydrogen-bond acceptors (Lipinski definition) is 9. The van der Waals surface area contributed by atoms with Crippen molar-refractivity contribution in [2.45, 2.75) is 76.1 Å². The van der Waals surface area contributed by atoms with Crippen molar-refractivity contribution in [2.75, 3.05) is 13.2 Å². The molecule has 2 fully saturated rings. The number of benzene rings is 1. The van der Waals surface area contributed by atoms with Gasteiger partial charge in [0.05, 0.1) is 12.1 Å². The second-order valence-corrected chi connectivity index (χ2v) is 12.1. The predicted octanol–water partition coefficient (Wildman–Crippen LogP) is -2.80. The number of amides is 4. The molecule has 41 heavy (non-hydrogen) atoms. The molecule has 4 amide bonds. The summed E-state index contributed by atoms with van der Waals surface area (Å²) in [4.78, 5) is 51.8. The Morgan fingerprint density at radius 1 is 1.17 bits per heavy atom. The van der Waals surface area contributed by atoms with E-state index in [1.165, 1.54) is 0 Å². The van der Waals surface area contributed by atoms with Gasteiger partial charge in [-0.25, -0.2) is 13.2 Å². The number of alkyl carbamates (subject to hydrolysis) is 1. The third-order valence-electron chi connectivity index (χ3n) is 7.04. The number of hydrogen-bond donors (Lipinski definition) is 4. The number of carbonyl (C=O) groups excluding carboxylic acids is 4. The van der Waals surface area contributed by atoms with Crippen LogP contribution in [-0.2, 0) is 35.8 Å². The summed E-state index contributed by atoms with van der Waals surface area (Å²) in [6.07, 6.45) is 0.135. The van der Waals surface area contributed by atoms with Gasteiger partial charge in [-0.05, 0) is 37.2 Å². The minimum Gasteiger partial charge on any atom is -0.746 e. The van der Waals surface area contributed by atoms with Gasteiger partial charge in [0.1, 0.15) is 22.8 Å². The molecule has 0 aliphatic carbocycles. The molecule has 1 aromatic carbocycles. The average molecular weight is 605 g/mol. The fourth-order valence-corrected chi connectivity index (χ4v) is 5.51. The van der Waals surface area contributed by atoms with Gasteiger partial charge in [0.15, 0.2) is 5.44 Å². The molecule has 0 spiro atoms. The van der Waals surface area contributed by atoms with Crippen molar-refractivity contribution in [1.82, 2.24) is 20.9 Å². The number of carbonyl (C=O) groups is 4. The molecule has 5 atom stereocenters. The maximum absolute atomic E-state index is 13.1. The normalized spacial score (nSPS) is 21.0. The number of aliphatic hydroxyl groups excluding tert-OH is 1. The van der Waals surface area contributed by atoms with Crippen LogP contribution in [0.3, 0.4) is 0 Å². The zero-order valence-electron chi connectivity index (χ0n) is 23.6. The average Bonchev–Trinajstić information content (AvgIpc) is 3.45. The van der Waals surface area contributed by atoms with Gasteiger partial charge in [-0.2, -0.15) is 0 Å². The first-order valence-corrected chi connectivity index (χ1v) is 14.8. The zero-order chi connectivity index (χ0) is 29.4. The number of aliphatic hydroxyl groups is 1. The summed E-state index contributed by atoms with van der Waals surface area (Å²) >= 11 is 0. The van der Waals surface area contributed by atoms with E-state index in [-0.39, 0.29) is 72.8 Å². The van der Waals surface area contributed by atoms with Crippen molar-refractivity contribution >= 4 is 33.9 Å². The van der Waals surface area contributed by atoms with Crippen molar-refractivity contribution in [3.8, 4) is 0 Å². The monoisotopic (exact) mass is 604 g/mol. The summed E-state index contributed by atoms with van der Waals surface area (Å²) < 4.78 is 40.0. The van der Waals surface area contributed by atoms with Crippen molar-refractivity contribution in [1.29, 1.82) is 0 Å². The van der Waals surface area contributed by atoms with Crippen LogP contribution < -0.4 is 45.5 Å². The Balaban J connectivity index is 0.00000588. The number of likely N-dealkylation sites (tertiary alicyclic amines) is 1. The summed E-state index contributed by atoms with van der Waals surface area (Å²) in [6, 6.07) is 6.32. The summed E-state index contributed by atoms with van der Waals surface area (Å²) in [5.74, 6) is -2.04. The van der Waals surface area contributed by atoms with E-state index in [0.717, 1.165) is 5.56 Å². The summed E-state index contributed by atoms with van der Waals surface area (Å²) in [7, 11) is -5.21. The van der Waals surface area contributed by atoms with Gasteiger partial charge in [0, 0.05) is 25.4 Å². The first-order chi connectivity index (χ1) is 18.8. The third-order valence-corrected chi connectivity index (χ3v) is 7.96. The Morgan fingerprint density at radius 2 is 1.85 bits per heavy atom. The van der Waals surface area contributed by atoms with Crippen LogP contribution >= 0.6 is 0 Å². The molecule has 2 aliphatic rings. The molecule has 0 aromatic heterocycles. The first kappa shape index (κ1) is 35.0. The maximum atomic E-state index is 13.1. The van der Waals surface area contributed by atoms with Crippen LogP contribution in [0.25, 0.3) is 0 Å². The molecular weight excluding hydrogens is 567 g/mol. The Hall–Kier alpha value is -2.23. The van der Waals surface area contributed by atoms with Crippen LogP contribution in [0.15, 0.2) is 30.3 Å². The molecule has 0 radical (unpaired) electrons. The van der Waals surface area contributed by atoms with Crippen LogP contribution in [0.1, 0.15) is 51.5 Å². The van der Waals surface area contributed by atoms with E-state index < -0.39 is 45.6 Å². The summed E-state index contributed by atoms with van der Waals surface area (Å²) in [6.45, 7) is 4.24. The van der Waals surface area contributed by atoms with Gasteiger partial charge in [0.2, 0.25) is 17.7 Å². The number of ether oxygens (including phenoxy) is 1. The van der Waals surface area contributed by atoms with Crippen LogP contribution in [0.2, 0.25) is 0 Å². The van der Waals surface area contributed by atoms with E-state index >= 15 is 0 Å². The second-order valence-electron chi connectivity index (χ2n) is 10.6. The molecule has 1 unspecified atom stereocenters. The maximum Gasteiger partial charge on any atom is 1.00 e. The fourth-order valence-electron chi connectivity index (χ4n) is 4.93. The summed E-state index contributed by atoms with van der Waals surface area (Å²) in [5.41, 5.74) is -1.54. The molecular formula is C26H37N4NaO9S. The molecule has 3 rings (SSSR count). The van der Waals surface area contributed by atoms with E-state index in [2.05, 4.69) is 16.0 Å². The van der Waals surface area contributed by atoms with E-state index in [9.17, 15) is 37.3 Å². The predicted molar refractivity (Wildman–Crippen MR) is 141 cm³/mol. The van der Waals surface area contributed by atoms with Crippen LogP contribution in [0.5, 0.6) is 0 Å². The topological polar surface area (TPSA) is 194 Å². The van der Waals surface area contributed by atoms with Gasteiger partial charge in [-0.15, -0.1) is 0 Å². The quantitative estimate of drug-likeness (QED) is 0.136. The van der Waals surface area contributed by atoms with E-state index in [4.69, 9.17) is 4.74 Å².